The molecule has 162 valence electrons. The Morgan fingerprint density at radius 1 is 1.16 bits per heavy atom. The predicted molar refractivity (Wildman–Crippen MR) is 121 cm³/mol. The molecule has 3 heterocycles. The quantitative estimate of drug-likeness (QED) is 0.626. The van der Waals surface area contributed by atoms with Crippen LogP contribution in [-0.4, -0.2) is 46.6 Å². The van der Waals surface area contributed by atoms with Gasteiger partial charge in [0.2, 0.25) is 5.89 Å². The molecule has 0 spiro atoms. The number of hydrogen-bond donors (Lipinski definition) is 2. The monoisotopic (exact) mass is 419 g/mol. The lowest BCUT2D eigenvalue weighted by Gasteiger charge is -2.32. The Morgan fingerprint density at radius 3 is 2.65 bits per heavy atom. The lowest BCUT2D eigenvalue weighted by Crippen LogP contribution is -2.46. The van der Waals surface area contributed by atoms with E-state index >= 15 is 0 Å². The fourth-order valence-electron chi connectivity index (χ4n) is 3.82. The van der Waals surface area contributed by atoms with Gasteiger partial charge in [-0.3, -0.25) is 4.98 Å². The number of aryl methyl sites for hydroxylation is 2. The largest absolute Gasteiger partial charge is 0.441 e. The van der Waals surface area contributed by atoms with Crippen LogP contribution in [0.5, 0.6) is 0 Å². The van der Waals surface area contributed by atoms with Crippen LogP contribution in [0.4, 0.5) is 10.5 Å². The molecule has 1 aliphatic rings. The number of aromatic nitrogens is 2. The Morgan fingerprint density at radius 2 is 1.94 bits per heavy atom. The zero-order valence-corrected chi connectivity index (χ0v) is 18.1. The van der Waals surface area contributed by atoms with E-state index in [0.717, 1.165) is 61.6 Å². The second-order valence-corrected chi connectivity index (χ2v) is 8.06. The molecule has 0 saturated carbocycles. The number of benzene rings is 1. The number of carbonyl (C=O) groups is 1. The second kappa shape index (κ2) is 9.75. The molecule has 0 atom stereocenters. The SMILES string of the molecule is Cc1nc(-c2cccc(NC(=O)NC3CCN(CCc4ccncc4)CC3)c2)oc1C. The molecular weight excluding hydrogens is 390 g/mol. The van der Waals surface area contributed by atoms with E-state index in [1.807, 2.05) is 50.5 Å². The molecule has 2 amide bonds. The first-order chi connectivity index (χ1) is 15.1. The average Bonchev–Trinajstić information content (AvgIpc) is 3.12. The standard InChI is InChI=1S/C24H29N5O2/c1-17-18(2)31-23(26-17)20-4-3-5-22(16-20)28-24(30)27-21-9-14-29(15-10-21)13-8-19-6-11-25-12-7-19/h3-7,11-12,16,21H,8-10,13-15H2,1-2H3,(H2,27,28,30). The Balaban J connectivity index is 1.24. The summed E-state index contributed by atoms with van der Waals surface area (Å²) in [6, 6.07) is 11.7. The van der Waals surface area contributed by atoms with Gasteiger partial charge in [0.15, 0.2) is 0 Å². The molecule has 0 aliphatic carbocycles. The maximum atomic E-state index is 12.5. The Labute approximate surface area is 182 Å². The number of hydrogen-bond acceptors (Lipinski definition) is 5. The van der Waals surface area contributed by atoms with E-state index in [-0.39, 0.29) is 12.1 Å². The summed E-state index contributed by atoms with van der Waals surface area (Å²) in [7, 11) is 0. The van der Waals surface area contributed by atoms with Crippen molar-refractivity contribution in [3.8, 4) is 11.5 Å². The molecule has 0 bridgehead atoms. The maximum Gasteiger partial charge on any atom is 0.319 e. The van der Waals surface area contributed by atoms with Gasteiger partial charge in [0, 0.05) is 49.3 Å². The third-order valence-electron chi connectivity index (χ3n) is 5.78. The van der Waals surface area contributed by atoms with E-state index < -0.39 is 0 Å². The molecule has 7 nitrogen and oxygen atoms in total. The molecule has 1 fully saturated rings. The summed E-state index contributed by atoms with van der Waals surface area (Å²) < 4.78 is 5.69. The first-order valence-electron chi connectivity index (χ1n) is 10.8. The molecule has 0 radical (unpaired) electrons. The van der Waals surface area contributed by atoms with Crippen molar-refractivity contribution in [1.82, 2.24) is 20.2 Å². The fraction of sp³-hybridized carbons (Fsp3) is 0.375. The number of oxazole rings is 1. The molecule has 2 aromatic heterocycles. The molecule has 31 heavy (non-hydrogen) atoms. The highest BCUT2D eigenvalue weighted by Gasteiger charge is 2.20. The van der Waals surface area contributed by atoms with Gasteiger partial charge in [-0.15, -0.1) is 0 Å². The number of pyridine rings is 1. The van der Waals surface area contributed by atoms with Gasteiger partial charge in [-0.1, -0.05) is 6.07 Å². The van der Waals surface area contributed by atoms with Crippen LogP contribution in [0.1, 0.15) is 29.9 Å². The Hall–Kier alpha value is -3.19. The molecule has 1 aromatic carbocycles. The lowest BCUT2D eigenvalue weighted by atomic mass is 10.0. The van der Waals surface area contributed by atoms with Gasteiger partial charge in [0.25, 0.3) is 0 Å². The summed E-state index contributed by atoms with van der Waals surface area (Å²) in [5.41, 5.74) is 3.75. The van der Waals surface area contributed by atoms with E-state index in [9.17, 15) is 4.79 Å². The molecule has 4 rings (SSSR count). The average molecular weight is 420 g/mol. The van der Waals surface area contributed by atoms with E-state index in [1.165, 1.54) is 5.56 Å². The number of likely N-dealkylation sites (tertiary alicyclic amines) is 1. The van der Waals surface area contributed by atoms with Gasteiger partial charge in [-0.25, -0.2) is 9.78 Å². The molecule has 1 aliphatic heterocycles. The number of anilines is 1. The summed E-state index contributed by atoms with van der Waals surface area (Å²) in [5, 5.41) is 6.05. The van der Waals surface area contributed by atoms with Gasteiger partial charge in [-0.05, 0) is 69.0 Å². The molecule has 0 unspecified atom stereocenters. The van der Waals surface area contributed by atoms with Crippen LogP contribution in [0.25, 0.3) is 11.5 Å². The number of amides is 2. The van der Waals surface area contributed by atoms with Crippen LogP contribution in [0.2, 0.25) is 0 Å². The fourth-order valence-corrected chi connectivity index (χ4v) is 3.82. The summed E-state index contributed by atoms with van der Waals surface area (Å²) >= 11 is 0. The Bertz CT molecular complexity index is 990. The highest BCUT2D eigenvalue weighted by atomic mass is 16.4. The van der Waals surface area contributed by atoms with Crippen LogP contribution >= 0.6 is 0 Å². The first kappa shape index (κ1) is 21.1. The van der Waals surface area contributed by atoms with Crippen molar-refractivity contribution in [3.05, 3.63) is 65.8 Å². The third-order valence-corrected chi connectivity index (χ3v) is 5.78. The van der Waals surface area contributed by atoms with Gasteiger partial charge >= 0.3 is 6.03 Å². The van der Waals surface area contributed by atoms with Gasteiger partial charge in [-0.2, -0.15) is 0 Å². The summed E-state index contributed by atoms with van der Waals surface area (Å²) in [6.07, 6.45) is 6.62. The number of nitrogens with one attached hydrogen (secondary N) is 2. The Kier molecular flexibility index (Phi) is 6.62. The number of urea groups is 1. The lowest BCUT2D eigenvalue weighted by molar-refractivity contribution is 0.197. The molecular formula is C24H29N5O2. The van der Waals surface area contributed by atoms with E-state index in [1.54, 1.807) is 0 Å². The molecule has 2 N–H and O–H groups in total. The van der Waals surface area contributed by atoms with Gasteiger partial charge in [0.05, 0.1) is 5.69 Å². The minimum Gasteiger partial charge on any atom is -0.441 e. The molecule has 7 heteroatoms. The van der Waals surface area contributed by atoms with Crippen molar-refractivity contribution >= 4 is 11.7 Å². The van der Waals surface area contributed by atoms with E-state index in [2.05, 4.69) is 37.6 Å². The summed E-state index contributed by atoms with van der Waals surface area (Å²) in [4.78, 5) is 23.5. The topological polar surface area (TPSA) is 83.3 Å². The van der Waals surface area contributed by atoms with E-state index in [4.69, 9.17) is 4.42 Å². The van der Waals surface area contributed by atoms with Crippen LogP contribution in [0.3, 0.4) is 0 Å². The number of carbonyl (C=O) groups excluding carboxylic acids is 1. The third kappa shape index (κ3) is 5.70. The number of nitrogens with zero attached hydrogens (tertiary/aromatic N) is 3. The van der Waals surface area contributed by atoms with Crippen molar-refractivity contribution in [1.29, 1.82) is 0 Å². The zero-order valence-electron chi connectivity index (χ0n) is 18.1. The number of piperidine rings is 1. The van der Waals surface area contributed by atoms with Gasteiger partial charge < -0.3 is 20.0 Å². The van der Waals surface area contributed by atoms with Crippen molar-refractivity contribution in [2.24, 2.45) is 0 Å². The van der Waals surface area contributed by atoms with Crippen molar-refractivity contribution in [2.75, 3.05) is 25.0 Å². The molecule has 3 aromatic rings. The maximum absolute atomic E-state index is 12.5. The van der Waals surface area contributed by atoms with E-state index in [0.29, 0.717) is 5.89 Å². The second-order valence-electron chi connectivity index (χ2n) is 8.06. The molecule has 1 saturated heterocycles. The summed E-state index contributed by atoms with van der Waals surface area (Å²) in [6.45, 7) is 6.84. The van der Waals surface area contributed by atoms with Crippen LogP contribution in [0, 0.1) is 13.8 Å². The van der Waals surface area contributed by atoms with Crippen molar-refractivity contribution < 1.29 is 9.21 Å². The first-order valence-corrected chi connectivity index (χ1v) is 10.8. The van der Waals surface area contributed by atoms with Crippen LogP contribution in [-0.2, 0) is 6.42 Å². The predicted octanol–water partition coefficient (Wildman–Crippen LogP) is 4.18. The smallest absolute Gasteiger partial charge is 0.319 e. The highest BCUT2D eigenvalue weighted by molar-refractivity contribution is 5.90. The van der Waals surface area contributed by atoms with Crippen molar-refractivity contribution in [3.63, 3.8) is 0 Å². The van der Waals surface area contributed by atoms with Gasteiger partial charge in [0.1, 0.15) is 5.76 Å². The zero-order chi connectivity index (χ0) is 21.6. The van der Waals surface area contributed by atoms with Crippen molar-refractivity contribution in [2.45, 2.75) is 39.2 Å². The summed E-state index contributed by atoms with van der Waals surface area (Å²) in [5.74, 6) is 1.37. The minimum absolute atomic E-state index is 0.174. The van der Waals surface area contributed by atoms with Crippen LogP contribution < -0.4 is 10.6 Å². The number of rotatable bonds is 6. The van der Waals surface area contributed by atoms with Crippen LogP contribution in [0.15, 0.2) is 53.2 Å². The minimum atomic E-state index is -0.174. The normalized spacial score (nSPS) is 15.0. The highest BCUT2D eigenvalue weighted by Crippen LogP contribution is 2.24.